The van der Waals surface area contributed by atoms with Crippen molar-refractivity contribution in [3.05, 3.63) is 30.3 Å². The van der Waals surface area contributed by atoms with Crippen molar-refractivity contribution in [1.29, 1.82) is 0 Å². The number of benzene rings is 1. The average Bonchev–Trinajstić information content (AvgIpc) is 3.07. The maximum atomic E-state index is 12.7. The van der Waals surface area contributed by atoms with Gasteiger partial charge in [-0.15, -0.1) is 0 Å². The smallest absolute Gasteiger partial charge is 0.405 e. The fourth-order valence-electron chi connectivity index (χ4n) is 4.04. The van der Waals surface area contributed by atoms with E-state index in [1.807, 2.05) is 18.2 Å². The number of carbonyl (C=O) groups is 2. The summed E-state index contributed by atoms with van der Waals surface area (Å²) in [7, 11) is 0. The molecule has 0 radical (unpaired) electrons. The molecule has 1 atom stereocenters. The predicted molar refractivity (Wildman–Crippen MR) is 127 cm³/mol. The van der Waals surface area contributed by atoms with E-state index in [2.05, 4.69) is 17.3 Å². The van der Waals surface area contributed by atoms with Crippen LogP contribution in [-0.2, 0) is 4.79 Å². The van der Waals surface area contributed by atoms with Gasteiger partial charge in [-0.1, -0.05) is 102 Å². The lowest BCUT2D eigenvalue weighted by Gasteiger charge is -2.14. The number of carbonyl (C=O) groups excluding carboxylic acids is 1. The number of hydrogen-bond acceptors (Lipinski definition) is 3. The normalized spacial score (nSPS) is 15.9. The average molecular weight is 430 g/mol. The summed E-state index contributed by atoms with van der Waals surface area (Å²) in [6, 6.07) is 8.26. The van der Waals surface area contributed by atoms with Crippen molar-refractivity contribution >= 4 is 23.4 Å². The quantitative estimate of drug-likeness (QED) is 0.294. The van der Waals surface area contributed by atoms with E-state index in [1.165, 1.54) is 75.6 Å². The second-order valence-electron chi connectivity index (χ2n) is 8.45. The molecule has 0 bridgehead atoms. The maximum absolute atomic E-state index is 12.7. The molecule has 172 valence electrons. The van der Waals surface area contributed by atoms with Crippen LogP contribution in [0.3, 0.4) is 0 Å². The second-order valence-corrected chi connectivity index (χ2v) is 8.45. The van der Waals surface area contributed by atoms with E-state index in [0.717, 1.165) is 12.8 Å². The molecule has 6 heteroatoms. The lowest BCUT2D eigenvalue weighted by atomic mass is 10.0. The van der Waals surface area contributed by atoms with Gasteiger partial charge in [0, 0.05) is 0 Å². The number of hydrazone groups is 1. The summed E-state index contributed by atoms with van der Waals surface area (Å²) in [6.45, 7) is 2.26. The van der Waals surface area contributed by atoms with Gasteiger partial charge < -0.3 is 10.4 Å². The van der Waals surface area contributed by atoms with Crippen LogP contribution in [0.4, 0.5) is 10.5 Å². The third-order valence-corrected chi connectivity index (χ3v) is 5.82. The van der Waals surface area contributed by atoms with Crippen LogP contribution in [0, 0.1) is 0 Å². The van der Waals surface area contributed by atoms with Crippen LogP contribution in [-0.4, -0.2) is 28.9 Å². The van der Waals surface area contributed by atoms with E-state index < -0.39 is 12.1 Å². The second kappa shape index (κ2) is 14.6. The molecule has 1 aliphatic rings. The molecule has 0 saturated heterocycles. The minimum atomic E-state index is -1.20. The summed E-state index contributed by atoms with van der Waals surface area (Å²) in [5.41, 5.74) is 1.27. The molecule has 0 fully saturated rings. The number of amides is 2. The monoisotopic (exact) mass is 429 g/mol. The predicted octanol–water partition coefficient (Wildman–Crippen LogP) is 6.51. The van der Waals surface area contributed by atoms with Crippen LogP contribution < -0.4 is 10.3 Å². The Morgan fingerprint density at radius 1 is 0.903 bits per heavy atom. The summed E-state index contributed by atoms with van der Waals surface area (Å²) in [5, 5.41) is 17.2. The zero-order valence-corrected chi connectivity index (χ0v) is 19.0. The van der Waals surface area contributed by atoms with Gasteiger partial charge in [-0.05, 0) is 25.0 Å². The van der Waals surface area contributed by atoms with Gasteiger partial charge in [0.1, 0.15) is 0 Å². The highest BCUT2D eigenvalue weighted by Crippen LogP contribution is 2.22. The third-order valence-electron chi connectivity index (χ3n) is 5.82. The van der Waals surface area contributed by atoms with Crippen molar-refractivity contribution in [1.82, 2.24) is 5.32 Å². The highest BCUT2D eigenvalue weighted by Gasteiger charge is 2.37. The van der Waals surface area contributed by atoms with Crippen LogP contribution in [0.15, 0.2) is 35.4 Å². The highest BCUT2D eigenvalue weighted by atomic mass is 16.4. The molecule has 0 spiro atoms. The van der Waals surface area contributed by atoms with Gasteiger partial charge in [-0.25, -0.2) is 4.79 Å². The van der Waals surface area contributed by atoms with Gasteiger partial charge in [0.05, 0.1) is 11.4 Å². The van der Waals surface area contributed by atoms with Crippen molar-refractivity contribution in [3.8, 4) is 0 Å². The molecule has 0 aliphatic carbocycles. The summed E-state index contributed by atoms with van der Waals surface area (Å²) in [6.07, 6.45) is 16.0. The lowest BCUT2D eigenvalue weighted by molar-refractivity contribution is -0.118. The Hall–Kier alpha value is -2.37. The lowest BCUT2D eigenvalue weighted by Crippen LogP contribution is -2.45. The van der Waals surface area contributed by atoms with E-state index in [9.17, 15) is 9.59 Å². The Labute approximate surface area is 187 Å². The largest absolute Gasteiger partial charge is 0.465 e. The first-order chi connectivity index (χ1) is 15.1. The summed E-state index contributed by atoms with van der Waals surface area (Å²) >= 11 is 0. The van der Waals surface area contributed by atoms with E-state index in [0.29, 0.717) is 17.8 Å². The topological polar surface area (TPSA) is 82.0 Å². The maximum Gasteiger partial charge on any atom is 0.405 e. The molecular weight excluding hydrogens is 390 g/mol. The van der Waals surface area contributed by atoms with Gasteiger partial charge in [-0.3, -0.25) is 4.79 Å². The standard InChI is InChI=1S/C25H39N3O3/c1-2-3-4-5-6-7-8-9-10-11-12-13-17-20-22-23(26-25(30)31)24(29)28(27-22)21-18-15-14-16-19-21/h14-16,18-19,23,26H,2-13,17,20H2,1H3,(H,30,31)/t23-/m1/s1. The van der Waals surface area contributed by atoms with E-state index >= 15 is 0 Å². The Kier molecular flexibility index (Phi) is 11.7. The van der Waals surface area contributed by atoms with Crippen molar-refractivity contribution in [2.24, 2.45) is 5.10 Å². The van der Waals surface area contributed by atoms with Gasteiger partial charge >= 0.3 is 6.09 Å². The molecule has 1 aromatic rings. The minimum absolute atomic E-state index is 0.335. The molecule has 0 saturated carbocycles. The van der Waals surface area contributed by atoms with Gasteiger partial charge in [0.25, 0.3) is 5.91 Å². The SMILES string of the molecule is CCCCCCCCCCCCCCCC1=NN(c2ccccc2)C(=O)[C@@H]1NC(=O)O. The Bertz CT molecular complexity index is 691. The first-order valence-corrected chi connectivity index (χ1v) is 12.1. The first kappa shape index (κ1) is 24.9. The van der Waals surface area contributed by atoms with Crippen LogP contribution >= 0.6 is 0 Å². The zero-order chi connectivity index (χ0) is 22.3. The van der Waals surface area contributed by atoms with Crippen molar-refractivity contribution in [3.63, 3.8) is 0 Å². The number of rotatable bonds is 16. The Morgan fingerprint density at radius 3 is 1.94 bits per heavy atom. The minimum Gasteiger partial charge on any atom is -0.465 e. The molecule has 2 N–H and O–H groups in total. The van der Waals surface area contributed by atoms with E-state index in [1.54, 1.807) is 12.1 Å². The number of hydrogen-bond donors (Lipinski definition) is 2. The number of carboxylic acid groups (broad SMARTS) is 1. The molecule has 2 rings (SSSR count). The van der Waals surface area contributed by atoms with Crippen LogP contribution in [0.1, 0.15) is 96.8 Å². The molecular formula is C25H39N3O3. The molecule has 0 aromatic heterocycles. The zero-order valence-electron chi connectivity index (χ0n) is 19.0. The van der Waals surface area contributed by atoms with E-state index in [-0.39, 0.29) is 5.91 Å². The fraction of sp³-hybridized carbons (Fsp3) is 0.640. The van der Waals surface area contributed by atoms with Crippen molar-refractivity contribution < 1.29 is 14.7 Å². The number of nitrogens with one attached hydrogen (secondary N) is 1. The van der Waals surface area contributed by atoms with Gasteiger partial charge in [-0.2, -0.15) is 10.1 Å². The number of nitrogens with zero attached hydrogens (tertiary/aromatic N) is 2. The Morgan fingerprint density at radius 2 is 1.42 bits per heavy atom. The summed E-state index contributed by atoms with van der Waals surface area (Å²) in [5.74, 6) is -0.335. The van der Waals surface area contributed by atoms with Crippen LogP contribution in [0.2, 0.25) is 0 Å². The fourth-order valence-corrected chi connectivity index (χ4v) is 4.04. The molecule has 0 unspecified atom stereocenters. The molecule has 1 heterocycles. The van der Waals surface area contributed by atoms with Crippen molar-refractivity contribution in [2.75, 3.05) is 5.01 Å². The molecule has 2 amide bonds. The summed E-state index contributed by atoms with van der Waals surface area (Å²) in [4.78, 5) is 23.8. The van der Waals surface area contributed by atoms with Gasteiger partial charge in [0.2, 0.25) is 0 Å². The number of para-hydroxylation sites is 1. The highest BCUT2D eigenvalue weighted by molar-refractivity contribution is 6.19. The molecule has 1 aromatic carbocycles. The third kappa shape index (κ3) is 9.11. The molecule has 6 nitrogen and oxygen atoms in total. The first-order valence-electron chi connectivity index (χ1n) is 12.1. The summed E-state index contributed by atoms with van der Waals surface area (Å²) < 4.78 is 0. The van der Waals surface area contributed by atoms with Crippen LogP contribution in [0.5, 0.6) is 0 Å². The van der Waals surface area contributed by atoms with E-state index in [4.69, 9.17) is 5.11 Å². The number of anilines is 1. The van der Waals surface area contributed by atoms with Gasteiger partial charge in [0.15, 0.2) is 6.04 Å². The van der Waals surface area contributed by atoms with Crippen molar-refractivity contribution in [2.45, 2.75) is 103 Å². The Balaban J connectivity index is 1.64. The number of unbranched alkanes of at least 4 members (excludes halogenated alkanes) is 12. The van der Waals surface area contributed by atoms with Crippen LogP contribution in [0.25, 0.3) is 0 Å². The molecule has 31 heavy (non-hydrogen) atoms. The molecule has 1 aliphatic heterocycles.